The third-order valence-electron chi connectivity index (χ3n) is 2.26. The van der Waals surface area contributed by atoms with Gasteiger partial charge < -0.3 is 9.72 Å². The van der Waals surface area contributed by atoms with Crippen LogP contribution in [0.15, 0.2) is 52.4 Å². The predicted molar refractivity (Wildman–Crippen MR) is 64.0 cm³/mol. The maximum Gasteiger partial charge on any atom is 0.309 e. The highest BCUT2D eigenvalue weighted by atomic mass is 32.2. The van der Waals surface area contributed by atoms with Gasteiger partial charge in [-0.1, -0.05) is 18.2 Å². The average molecular weight is 265 g/mol. The summed E-state index contributed by atoms with van der Waals surface area (Å²) in [5.74, 6) is -0.645. The van der Waals surface area contributed by atoms with E-state index in [1.807, 2.05) is 0 Å². The van der Waals surface area contributed by atoms with E-state index in [0.717, 1.165) is 0 Å². The summed E-state index contributed by atoms with van der Waals surface area (Å²) in [5.41, 5.74) is 0. The van der Waals surface area contributed by atoms with Crippen LogP contribution in [0.2, 0.25) is 0 Å². The van der Waals surface area contributed by atoms with E-state index >= 15 is 0 Å². The number of esters is 1. The molecule has 0 unspecified atom stereocenters. The van der Waals surface area contributed by atoms with Crippen molar-refractivity contribution in [2.75, 3.05) is 0 Å². The van der Waals surface area contributed by atoms with Gasteiger partial charge >= 0.3 is 5.97 Å². The van der Waals surface area contributed by atoms with E-state index in [1.165, 1.54) is 31.3 Å². The van der Waals surface area contributed by atoms with Crippen molar-refractivity contribution in [3.8, 4) is 5.88 Å². The summed E-state index contributed by atoms with van der Waals surface area (Å²) in [6.07, 6.45) is 1.41. The minimum Gasteiger partial charge on any atom is -0.408 e. The number of aromatic nitrogens is 1. The van der Waals surface area contributed by atoms with Crippen LogP contribution in [0.3, 0.4) is 0 Å². The van der Waals surface area contributed by atoms with Crippen molar-refractivity contribution in [2.45, 2.75) is 16.7 Å². The molecular formula is C12H11NO4S. The van der Waals surface area contributed by atoms with Crippen molar-refractivity contribution in [1.29, 1.82) is 0 Å². The molecule has 94 valence electrons. The molecule has 0 fully saturated rings. The molecule has 0 aliphatic carbocycles. The first kappa shape index (κ1) is 12.4. The second-order valence-electron chi connectivity index (χ2n) is 3.58. The van der Waals surface area contributed by atoms with Crippen molar-refractivity contribution in [1.82, 2.24) is 4.98 Å². The molecular weight excluding hydrogens is 254 g/mol. The molecule has 0 bridgehead atoms. The van der Waals surface area contributed by atoms with Crippen LogP contribution in [-0.4, -0.2) is 19.4 Å². The van der Waals surface area contributed by atoms with Gasteiger partial charge in [0.05, 0.1) is 4.90 Å². The van der Waals surface area contributed by atoms with Crippen LogP contribution >= 0.6 is 0 Å². The summed E-state index contributed by atoms with van der Waals surface area (Å²) >= 11 is 0. The van der Waals surface area contributed by atoms with Crippen LogP contribution in [0.5, 0.6) is 5.88 Å². The van der Waals surface area contributed by atoms with Crippen molar-refractivity contribution >= 4 is 15.8 Å². The molecule has 0 aliphatic heterocycles. The summed E-state index contributed by atoms with van der Waals surface area (Å²) in [5, 5.41) is 0. The second-order valence-corrected chi connectivity index (χ2v) is 5.50. The molecule has 0 aliphatic rings. The fourth-order valence-corrected chi connectivity index (χ4v) is 2.86. The fraction of sp³-hybridized carbons (Fsp3) is 0.0833. The van der Waals surface area contributed by atoms with Gasteiger partial charge in [0.15, 0.2) is 0 Å². The Balaban J connectivity index is 2.49. The Morgan fingerprint density at radius 3 is 2.44 bits per heavy atom. The van der Waals surface area contributed by atoms with Crippen LogP contribution < -0.4 is 4.74 Å². The first-order valence-corrected chi connectivity index (χ1v) is 6.66. The molecule has 0 radical (unpaired) electrons. The number of H-pyrrole nitrogens is 1. The van der Waals surface area contributed by atoms with Gasteiger partial charge in [0, 0.05) is 13.1 Å². The summed E-state index contributed by atoms with van der Waals surface area (Å²) < 4.78 is 29.4. The molecule has 1 aromatic carbocycles. The van der Waals surface area contributed by atoms with E-state index in [-0.39, 0.29) is 15.7 Å². The molecule has 1 heterocycles. The number of sulfone groups is 1. The lowest BCUT2D eigenvalue weighted by Gasteiger charge is -2.05. The Kier molecular flexibility index (Phi) is 3.20. The Hall–Kier alpha value is -2.08. The minimum atomic E-state index is -3.68. The molecule has 0 spiro atoms. The Morgan fingerprint density at radius 2 is 1.83 bits per heavy atom. The lowest BCUT2D eigenvalue weighted by molar-refractivity contribution is -0.132. The maximum atomic E-state index is 12.3. The zero-order valence-electron chi connectivity index (χ0n) is 9.58. The summed E-state index contributed by atoms with van der Waals surface area (Å²) in [6.45, 7) is 1.21. The third kappa shape index (κ3) is 2.28. The smallest absolute Gasteiger partial charge is 0.309 e. The van der Waals surface area contributed by atoms with E-state index < -0.39 is 15.8 Å². The van der Waals surface area contributed by atoms with Gasteiger partial charge in [0.1, 0.15) is 4.90 Å². The summed E-state index contributed by atoms with van der Waals surface area (Å²) in [7, 11) is -3.68. The number of ether oxygens (including phenoxy) is 1. The molecule has 18 heavy (non-hydrogen) atoms. The highest BCUT2D eigenvalue weighted by Gasteiger charge is 2.23. The third-order valence-corrected chi connectivity index (χ3v) is 4.06. The van der Waals surface area contributed by atoms with E-state index in [9.17, 15) is 13.2 Å². The largest absolute Gasteiger partial charge is 0.408 e. The topological polar surface area (TPSA) is 76.2 Å². The predicted octanol–water partition coefficient (Wildman–Crippen LogP) is 1.77. The van der Waals surface area contributed by atoms with Crippen LogP contribution in [0.4, 0.5) is 0 Å². The quantitative estimate of drug-likeness (QED) is 0.858. The Labute approximate surface area is 104 Å². The van der Waals surface area contributed by atoms with Gasteiger partial charge in [0.25, 0.3) is 0 Å². The molecule has 0 atom stereocenters. The van der Waals surface area contributed by atoms with E-state index in [4.69, 9.17) is 4.74 Å². The number of nitrogens with one attached hydrogen (secondary N) is 1. The minimum absolute atomic E-state index is 0.0519. The number of hydrogen-bond donors (Lipinski definition) is 1. The van der Waals surface area contributed by atoms with Gasteiger partial charge in [-0.05, 0) is 18.2 Å². The van der Waals surface area contributed by atoms with Gasteiger partial charge in [-0.15, -0.1) is 0 Å². The molecule has 1 N–H and O–H groups in total. The van der Waals surface area contributed by atoms with Crippen molar-refractivity contribution in [3.05, 3.63) is 42.6 Å². The van der Waals surface area contributed by atoms with Gasteiger partial charge in [-0.25, -0.2) is 8.42 Å². The Bertz CT molecular complexity index is 658. The van der Waals surface area contributed by atoms with Crippen LogP contribution in [0.1, 0.15) is 6.92 Å². The summed E-state index contributed by atoms with van der Waals surface area (Å²) in [4.78, 5) is 13.6. The van der Waals surface area contributed by atoms with E-state index in [2.05, 4.69) is 4.98 Å². The molecule has 6 heteroatoms. The number of hydrogen-bond acceptors (Lipinski definition) is 4. The molecule has 2 rings (SSSR count). The number of carbonyl (C=O) groups is 1. The maximum absolute atomic E-state index is 12.3. The summed E-state index contributed by atoms with van der Waals surface area (Å²) in [6, 6.07) is 9.32. The molecule has 5 nitrogen and oxygen atoms in total. The average Bonchev–Trinajstić information content (AvgIpc) is 2.78. The van der Waals surface area contributed by atoms with Crippen LogP contribution in [0, 0.1) is 0 Å². The molecule has 0 saturated heterocycles. The molecule has 2 aromatic rings. The van der Waals surface area contributed by atoms with Crippen molar-refractivity contribution < 1.29 is 17.9 Å². The lowest BCUT2D eigenvalue weighted by Crippen LogP contribution is -2.07. The fourth-order valence-electron chi connectivity index (χ4n) is 1.50. The number of rotatable bonds is 3. The number of aromatic amines is 1. The van der Waals surface area contributed by atoms with Crippen LogP contribution in [0.25, 0.3) is 0 Å². The zero-order chi connectivity index (χ0) is 13.2. The molecule has 1 aromatic heterocycles. The van der Waals surface area contributed by atoms with E-state index in [1.54, 1.807) is 18.2 Å². The first-order valence-electron chi connectivity index (χ1n) is 5.18. The monoisotopic (exact) mass is 265 g/mol. The molecule has 0 amide bonds. The molecule has 0 saturated carbocycles. The Morgan fingerprint density at radius 1 is 1.17 bits per heavy atom. The standard InChI is InChI=1S/C12H11NO4S/c1-9(14)17-12-11(7-8-13-12)18(15,16)10-5-3-2-4-6-10/h2-8,13H,1H3. The number of carbonyl (C=O) groups excluding carboxylic acids is 1. The SMILES string of the molecule is CC(=O)Oc1[nH]ccc1S(=O)(=O)c1ccccc1. The van der Waals surface area contributed by atoms with Gasteiger partial charge in [0.2, 0.25) is 15.7 Å². The number of benzene rings is 1. The van der Waals surface area contributed by atoms with Gasteiger partial charge in [-0.3, -0.25) is 4.79 Å². The normalized spacial score (nSPS) is 11.2. The lowest BCUT2D eigenvalue weighted by atomic mass is 10.4. The highest BCUT2D eigenvalue weighted by Crippen LogP contribution is 2.28. The van der Waals surface area contributed by atoms with Crippen molar-refractivity contribution in [2.24, 2.45) is 0 Å². The van der Waals surface area contributed by atoms with E-state index in [0.29, 0.717) is 0 Å². The highest BCUT2D eigenvalue weighted by molar-refractivity contribution is 7.91. The van der Waals surface area contributed by atoms with Gasteiger partial charge in [-0.2, -0.15) is 0 Å². The first-order chi connectivity index (χ1) is 8.51. The van der Waals surface area contributed by atoms with Crippen molar-refractivity contribution in [3.63, 3.8) is 0 Å². The zero-order valence-corrected chi connectivity index (χ0v) is 10.4. The van der Waals surface area contributed by atoms with Crippen LogP contribution in [-0.2, 0) is 14.6 Å². The second kappa shape index (κ2) is 4.66.